The lowest BCUT2D eigenvalue weighted by atomic mass is 9.99. The first kappa shape index (κ1) is 18.9. The lowest BCUT2D eigenvalue weighted by Crippen LogP contribution is -2.40. The second kappa shape index (κ2) is 8.71. The molecule has 1 fully saturated rings. The number of hydrogen-bond acceptors (Lipinski definition) is 5. The highest BCUT2D eigenvalue weighted by Crippen LogP contribution is 2.19. The van der Waals surface area contributed by atoms with E-state index >= 15 is 0 Å². The maximum Gasteiger partial charge on any atom is 0.269 e. The van der Waals surface area contributed by atoms with E-state index in [2.05, 4.69) is 51.7 Å². The third-order valence-electron chi connectivity index (χ3n) is 5.39. The van der Waals surface area contributed by atoms with Crippen LogP contribution in [0.4, 0.5) is 5.69 Å². The zero-order valence-corrected chi connectivity index (χ0v) is 16.4. The van der Waals surface area contributed by atoms with Crippen molar-refractivity contribution in [2.75, 3.05) is 38.2 Å². The molecule has 2 aliphatic heterocycles. The Morgan fingerprint density at radius 1 is 1.29 bits per heavy atom. The molecule has 1 saturated heterocycles. The Kier molecular flexibility index (Phi) is 5.88. The van der Waals surface area contributed by atoms with Crippen molar-refractivity contribution in [3.05, 3.63) is 59.4 Å². The highest BCUT2D eigenvalue weighted by atomic mass is 16.5. The molecule has 0 aliphatic carbocycles. The van der Waals surface area contributed by atoms with Crippen LogP contribution in [0.25, 0.3) is 0 Å². The molecule has 2 N–H and O–H groups in total. The maximum atomic E-state index is 12.5. The number of nitrogens with zero attached hydrogens (tertiary/aromatic N) is 2. The Morgan fingerprint density at radius 3 is 2.89 bits per heavy atom. The van der Waals surface area contributed by atoms with E-state index in [1.54, 1.807) is 12.3 Å². The summed E-state index contributed by atoms with van der Waals surface area (Å²) in [5.41, 5.74) is 4.25. The maximum absolute atomic E-state index is 12.5. The number of hydrogen-bond donors (Lipinski definition) is 2. The van der Waals surface area contributed by atoms with Gasteiger partial charge in [-0.1, -0.05) is 31.2 Å². The molecule has 1 atom stereocenters. The minimum Gasteiger partial charge on any atom is -0.378 e. The molecule has 6 heteroatoms. The van der Waals surface area contributed by atoms with Crippen LogP contribution in [-0.2, 0) is 17.7 Å². The number of rotatable bonds is 7. The Morgan fingerprint density at radius 2 is 2.11 bits per heavy atom. The first-order valence-electron chi connectivity index (χ1n) is 10.0. The average Bonchev–Trinajstić information content (AvgIpc) is 2.69. The summed E-state index contributed by atoms with van der Waals surface area (Å²) in [7, 11) is 0. The molecule has 1 aromatic carbocycles. The number of ether oxygens (including phenoxy) is 1. The second-order valence-corrected chi connectivity index (χ2v) is 7.88. The molecular formula is C22H28N4O2. The smallest absolute Gasteiger partial charge is 0.269 e. The zero-order chi connectivity index (χ0) is 19.3. The van der Waals surface area contributed by atoms with Crippen molar-refractivity contribution in [1.82, 2.24) is 15.2 Å². The molecule has 4 rings (SSSR count). The number of nitrogens with one attached hydrogen (secondary N) is 2. The average molecular weight is 380 g/mol. The molecule has 3 heterocycles. The summed E-state index contributed by atoms with van der Waals surface area (Å²) < 4.78 is 5.17. The SMILES string of the molecule is C[C@@H](CNC(=O)c1cc(NC2COC2)ccn1)CN1CCc2ccccc2C1. The fourth-order valence-electron chi connectivity index (χ4n) is 3.77. The molecule has 0 bridgehead atoms. The van der Waals surface area contributed by atoms with Crippen LogP contribution in [0.2, 0.25) is 0 Å². The number of aromatic nitrogens is 1. The molecule has 2 aromatic rings. The molecule has 0 spiro atoms. The van der Waals surface area contributed by atoms with Gasteiger partial charge in [0.2, 0.25) is 0 Å². The van der Waals surface area contributed by atoms with Crippen molar-refractivity contribution < 1.29 is 9.53 Å². The summed E-state index contributed by atoms with van der Waals surface area (Å²) >= 11 is 0. The van der Waals surface area contributed by atoms with E-state index in [1.807, 2.05) is 6.07 Å². The topological polar surface area (TPSA) is 66.5 Å². The molecule has 2 aliphatic rings. The van der Waals surface area contributed by atoms with E-state index < -0.39 is 0 Å². The van der Waals surface area contributed by atoms with Crippen LogP contribution in [0, 0.1) is 5.92 Å². The van der Waals surface area contributed by atoms with E-state index in [4.69, 9.17) is 4.74 Å². The summed E-state index contributed by atoms with van der Waals surface area (Å²) in [5.74, 6) is 0.256. The zero-order valence-electron chi connectivity index (χ0n) is 16.4. The molecule has 6 nitrogen and oxygen atoms in total. The third kappa shape index (κ3) is 4.69. The van der Waals surface area contributed by atoms with Crippen molar-refractivity contribution in [3.63, 3.8) is 0 Å². The highest BCUT2D eigenvalue weighted by Gasteiger charge is 2.20. The largest absolute Gasteiger partial charge is 0.378 e. The quantitative estimate of drug-likeness (QED) is 0.772. The van der Waals surface area contributed by atoms with Gasteiger partial charge in [0, 0.05) is 38.1 Å². The van der Waals surface area contributed by atoms with Gasteiger partial charge in [-0.2, -0.15) is 0 Å². The van der Waals surface area contributed by atoms with E-state index in [-0.39, 0.29) is 5.91 Å². The molecule has 1 aromatic heterocycles. The summed E-state index contributed by atoms with van der Waals surface area (Å²) in [6, 6.07) is 12.7. The summed E-state index contributed by atoms with van der Waals surface area (Å²) in [6.45, 7) is 7.30. The number of benzene rings is 1. The van der Waals surface area contributed by atoms with Gasteiger partial charge >= 0.3 is 0 Å². The number of carbonyl (C=O) groups excluding carboxylic acids is 1. The first-order chi connectivity index (χ1) is 13.7. The number of fused-ring (bicyclic) bond motifs is 1. The minimum atomic E-state index is -0.121. The van der Waals surface area contributed by atoms with Gasteiger partial charge in [-0.15, -0.1) is 0 Å². The van der Waals surface area contributed by atoms with Gasteiger partial charge in [0.1, 0.15) is 5.69 Å². The molecule has 1 amide bonds. The normalized spacial score (nSPS) is 18.0. The minimum absolute atomic E-state index is 0.121. The third-order valence-corrected chi connectivity index (χ3v) is 5.39. The second-order valence-electron chi connectivity index (χ2n) is 7.88. The van der Waals surface area contributed by atoms with Gasteiger partial charge in [-0.3, -0.25) is 14.7 Å². The molecule has 0 unspecified atom stereocenters. The van der Waals surface area contributed by atoms with E-state index in [9.17, 15) is 4.79 Å². The summed E-state index contributed by atoms with van der Waals surface area (Å²) in [4.78, 5) is 19.2. The Bertz CT molecular complexity index is 822. The van der Waals surface area contributed by atoms with Gasteiger partial charge in [-0.25, -0.2) is 0 Å². The number of anilines is 1. The number of pyridine rings is 1. The lowest BCUT2D eigenvalue weighted by Gasteiger charge is -2.30. The van der Waals surface area contributed by atoms with E-state index in [0.29, 0.717) is 37.4 Å². The fourth-order valence-corrected chi connectivity index (χ4v) is 3.77. The van der Waals surface area contributed by atoms with Gasteiger partial charge < -0.3 is 15.4 Å². The van der Waals surface area contributed by atoms with Crippen molar-refractivity contribution in [2.24, 2.45) is 5.92 Å². The van der Waals surface area contributed by atoms with Crippen LogP contribution in [-0.4, -0.2) is 54.7 Å². The van der Waals surface area contributed by atoms with Crippen LogP contribution >= 0.6 is 0 Å². The van der Waals surface area contributed by atoms with Crippen molar-refractivity contribution in [3.8, 4) is 0 Å². The van der Waals surface area contributed by atoms with Crippen LogP contribution < -0.4 is 10.6 Å². The van der Waals surface area contributed by atoms with Crippen molar-refractivity contribution in [1.29, 1.82) is 0 Å². The lowest BCUT2D eigenvalue weighted by molar-refractivity contribution is 0.0211. The predicted octanol–water partition coefficient (Wildman–Crippen LogP) is 2.32. The molecule has 148 valence electrons. The Hall–Kier alpha value is -2.44. The van der Waals surface area contributed by atoms with Crippen LogP contribution in [0.15, 0.2) is 42.6 Å². The van der Waals surface area contributed by atoms with E-state index in [0.717, 1.165) is 31.7 Å². The summed E-state index contributed by atoms with van der Waals surface area (Å²) in [6.07, 6.45) is 2.77. The number of amides is 1. The standard InChI is InChI=1S/C22H28N4O2/c1-16(12-26-9-7-17-4-2-3-5-18(17)13-26)11-24-22(27)21-10-19(6-8-23-21)25-20-14-28-15-20/h2-6,8,10,16,20H,7,9,11-15H2,1H3,(H,23,25)(H,24,27)/t16-/m0/s1. The molecule has 0 radical (unpaired) electrons. The highest BCUT2D eigenvalue weighted by molar-refractivity contribution is 5.93. The van der Waals surface area contributed by atoms with Crippen LogP contribution in [0.5, 0.6) is 0 Å². The predicted molar refractivity (Wildman–Crippen MR) is 109 cm³/mol. The van der Waals surface area contributed by atoms with Gasteiger partial charge in [0.15, 0.2) is 0 Å². The molecular weight excluding hydrogens is 352 g/mol. The van der Waals surface area contributed by atoms with Crippen LogP contribution in [0.1, 0.15) is 28.5 Å². The molecule has 0 saturated carbocycles. The Labute approximate surface area is 166 Å². The van der Waals surface area contributed by atoms with E-state index in [1.165, 1.54) is 11.1 Å². The number of carbonyl (C=O) groups is 1. The monoisotopic (exact) mass is 380 g/mol. The van der Waals surface area contributed by atoms with Gasteiger partial charge in [0.25, 0.3) is 5.91 Å². The fraction of sp³-hybridized carbons (Fsp3) is 0.455. The molecule has 28 heavy (non-hydrogen) atoms. The van der Waals surface area contributed by atoms with Crippen molar-refractivity contribution >= 4 is 11.6 Å². The summed E-state index contributed by atoms with van der Waals surface area (Å²) in [5, 5.41) is 6.38. The van der Waals surface area contributed by atoms with Gasteiger partial charge in [-0.05, 0) is 35.6 Å². The first-order valence-corrected chi connectivity index (χ1v) is 10.0. The van der Waals surface area contributed by atoms with Gasteiger partial charge in [0.05, 0.1) is 19.3 Å². The van der Waals surface area contributed by atoms with Crippen molar-refractivity contribution in [2.45, 2.75) is 25.9 Å². The Balaban J connectivity index is 1.25. The van der Waals surface area contributed by atoms with Crippen LogP contribution in [0.3, 0.4) is 0 Å².